The Morgan fingerprint density at radius 2 is 1.54 bits per heavy atom. The van der Waals surface area contributed by atoms with E-state index in [0.717, 1.165) is 58.3 Å². The minimum absolute atomic E-state index is 0.00196. The molecule has 2 saturated heterocycles. The first-order valence-electron chi connectivity index (χ1n) is 10.2. The van der Waals surface area contributed by atoms with Gasteiger partial charge in [0.1, 0.15) is 0 Å². The lowest BCUT2D eigenvalue weighted by molar-refractivity contribution is -0.915. The molecule has 1 aromatic heterocycles. The topological polar surface area (TPSA) is 57.0 Å². The van der Waals surface area contributed by atoms with Crippen molar-refractivity contribution in [1.82, 2.24) is 14.9 Å². The predicted octanol–water partition coefficient (Wildman–Crippen LogP) is -0.0812. The van der Waals surface area contributed by atoms with Crippen molar-refractivity contribution in [2.75, 3.05) is 62.2 Å². The van der Waals surface area contributed by atoms with Crippen LogP contribution in [0.15, 0.2) is 48.8 Å². The number of aromatic nitrogens is 2. The van der Waals surface area contributed by atoms with Crippen LogP contribution in [0.5, 0.6) is 0 Å². The molecule has 1 N–H and O–H groups in total. The lowest BCUT2D eigenvalue weighted by Crippen LogP contribution is -3.19. The van der Waals surface area contributed by atoms with Crippen LogP contribution < -0.4 is 14.7 Å². The summed E-state index contributed by atoms with van der Waals surface area (Å²) in [5.41, 5.74) is 1.24. The van der Waals surface area contributed by atoms with E-state index in [1.54, 1.807) is 12.4 Å². The first kappa shape index (κ1) is 18.7. The maximum Gasteiger partial charge on any atom is 0.280 e. The van der Waals surface area contributed by atoms with Gasteiger partial charge in [-0.3, -0.25) is 4.79 Å². The Morgan fingerprint density at radius 1 is 0.893 bits per heavy atom. The molecule has 1 atom stereocenters. The molecular weight excluding hydrogens is 352 g/mol. The van der Waals surface area contributed by atoms with Gasteiger partial charge in [0, 0.05) is 44.3 Å². The number of piperazine rings is 2. The van der Waals surface area contributed by atoms with Gasteiger partial charge in [-0.15, -0.1) is 0 Å². The molecule has 0 radical (unpaired) electrons. The molecule has 2 aromatic rings. The summed E-state index contributed by atoms with van der Waals surface area (Å²) in [6.07, 6.45) is 3.56. The van der Waals surface area contributed by atoms with Gasteiger partial charge in [0.25, 0.3) is 5.91 Å². The largest absolute Gasteiger partial charge is 0.368 e. The quantitative estimate of drug-likeness (QED) is 0.803. The first-order chi connectivity index (χ1) is 13.7. The fourth-order valence-corrected chi connectivity index (χ4v) is 4.15. The molecule has 0 saturated carbocycles. The molecule has 3 heterocycles. The van der Waals surface area contributed by atoms with Crippen LogP contribution in [0.25, 0.3) is 0 Å². The van der Waals surface area contributed by atoms with E-state index >= 15 is 0 Å². The van der Waals surface area contributed by atoms with Crippen molar-refractivity contribution in [2.24, 2.45) is 0 Å². The normalized spacial score (nSPS) is 19.5. The van der Waals surface area contributed by atoms with Gasteiger partial charge in [0.05, 0.1) is 26.2 Å². The van der Waals surface area contributed by atoms with E-state index in [0.29, 0.717) is 0 Å². The molecule has 28 heavy (non-hydrogen) atoms. The van der Waals surface area contributed by atoms with Gasteiger partial charge < -0.3 is 19.6 Å². The highest BCUT2D eigenvalue weighted by Crippen LogP contribution is 2.15. The number of quaternary nitrogens is 1. The van der Waals surface area contributed by atoms with Gasteiger partial charge in [0.15, 0.2) is 6.04 Å². The number of nitrogens with zero attached hydrogens (tertiary/aromatic N) is 5. The molecule has 148 valence electrons. The van der Waals surface area contributed by atoms with Gasteiger partial charge in [0.2, 0.25) is 5.95 Å². The molecule has 7 nitrogen and oxygen atoms in total. The number of anilines is 2. The Labute approximate surface area is 166 Å². The van der Waals surface area contributed by atoms with Crippen molar-refractivity contribution in [3.05, 3.63) is 48.8 Å². The zero-order valence-electron chi connectivity index (χ0n) is 16.5. The number of nitrogens with one attached hydrogen (secondary N) is 1. The second kappa shape index (κ2) is 8.56. The molecule has 0 aliphatic carbocycles. The summed E-state index contributed by atoms with van der Waals surface area (Å²) in [5, 5.41) is 0. The Kier molecular flexibility index (Phi) is 5.71. The summed E-state index contributed by atoms with van der Waals surface area (Å²) in [4.78, 5) is 29.7. The van der Waals surface area contributed by atoms with Crippen molar-refractivity contribution < 1.29 is 9.69 Å². The van der Waals surface area contributed by atoms with E-state index in [9.17, 15) is 4.79 Å². The average molecular weight is 382 g/mol. The number of carbonyl (C=O) groups is 1. The van der Waals surface area contributed by atoms with E-state index in [1.165, 1.54) is 10.6 Å². The number of hydrogen-bond acceptors (Lipinski definition) is 5. The molecule has 1 aromatic carbocycles. The zero-order valence-corrected chi connectivity index (χ0v) is 16.5. The van der Waals surface area contributed by atoms with E-state index in [4.69, 9.17) is 0 Å². The molecule has 0 spiro atoms. The SMILES string of the molecule is C[C@H](C(=O)N1CCN(c2ccccc2)CC1)[NH+]1CCN(c2ncccn2)CC1. The van der Waals surface area contributed by atoms with Gasteiger partial charge in [-0.25, -0.2) is 9.97 Å². The number of para-hydroxylation sites is 1. The van der Waals surface area contributed by atoms with E-state index < -0.39 is 0 Å². The second-order valence-electron chi connectivity index (χ2n) is 7.56. The number of rotatable bonds is 4. The first-order valence-corrected chi connectivity index (χ1v) is 10.2. The van der Waals surface area contributed by atoms with E-state index in [2.05, 4.69) is 51.0 Å². The summed E-state index contributed by atoms with van der Waals surface area (Å²) in [6.45, 7) is 9.14. The average Bonchev–Trinajstić information content (AvgIpc) is 2.79. The van der Waals surface area contributed by atoms with Crippen molar-refractivity contribution in [1.29, 1.82) is 0 Å². The van der Waals surface area contributed by atoms with Crippen LogP contribution in [0.4, 0.5) is 11.6 Å². The van der Waals surface area contributed by atoms with Crippen LogP contribution in [-0.4, -0.2) is 79.2 Å². The molecule has 1 amide bonds. The third-order valence-corrected chi connectivity index (χ3v) is 5.94. The summed E-state index contributed by atoms with van der Waals surface area (Å²) >= 11 is 0. The molecule has 2 aliphatic rings. The fraction of sp³-hybridized carbons (Fsp3) is 0.476. The van der Waals surface area contributed by atoms with Gasteiger partial charge in [-0.1, -0.05) is 18.2 Å². The highest BCUT2D eigenvalue weighted by Gasteiger charge is 2.33. The summed E-state index contributed by atoms with van der Waals surface area (Å²) in [6, 6.07) is 12.3. The van der Waals surface area contributed by atoms with Crippen LogP contribution >= 0.6 is 0 Å². The Balaban J connectivity index is 1.27. The maximum atomic E-state index is 13.0. The van der Waals surface area contributed by atoms with Crippen molar-refractivity contribution in [3.8, 4) is 0 Å². The van der Waals surface area contributed by atoms with Crippen molar-refractivity contribution in [3.63, 3.8) is 0 Å². The standard InChI is InChI=1S/C21H28N6O/c1-18(24-10-16-27(17-11-24)21-22-8-5-9-23-21)20(28)26-14-12-25(13-15-26)19-6-3-2-4-7-19/h2-9,18H,10-17H2,1H3/p+1/t18-/m1/s1. The fourth-order valence-electron chi connectivity index (χ4n) is 4.15. The third kappa shape index (κ3) is 4.09. The molecule has 0 bridgehead atoms. The molecule has 7 heteroatoms. The van der Waals surface area contributed by atoms with Crippen molar-refractivity contribution >= 4 is 17.5 Å². The Bertz CT molecular complexity index is 755. The molecule has 0 unspecified atom stereocenters. The molecular formula is C21H29N6O+. The summed E-state index contributed by atoms with van der Waals surface area (Å²) in [5.74, 6) is 1.07. The van der Waals surface area contributed by atoms with E-state index in [-0.39, 0.29) is 11.9 Å². The molecule has 2 fully saturated rings. The number of amides is 1. The highest BCUT2D eigenvalue weighted by molar-refractivity contribution is 5.80. The van der Waals surface area contributed by atoms with Gasteiger partial charge >= 0.3 is 0 Å². The Morgan fingerprint density at radius 3 is 2.18 bits per heavy atom. The van der Waals surface area contributed by atoms with Crippen molar-refractivity contribution in [2.45, 2.75) is 13.0 Å². The summed E-state index contributed by atoms with van der Waals surface area (Å²) < 4.78 is 0. The van der Waals surface area contributed by atoms with Gasteiger partial charge in [-0.2, -0.15) is 0 Å². The third-order valence-electron chi connectivity index (χ3n) is 5.94. The molecule has 4 rings (SSSR count). The monoisotopic (exact) mass is 381 g/mol. The second-order valence-corrected chi connectivity index (χ2v) is 7.56. The minimum Gasteiger partial charge on any atom is -0.368 e. The number of hydrogen-bond donors (Lipinski definition) is 1. The zero-order chi connectivity index (χ0) is 19.3. The molecule has 2 aliphatic heterocycles. The summed E-state index contributed by atoms with van der Waals surface area (Å²) in [7, 11) is 0. The smallest absolute Gasteiger partial charge is 0.280 e. The predicted molar refractivity (Wildman–Crippen MR) is 110 cm³/mol. The van der Waals surface area contributed by atoms with Crippen LogP contribution in [0.3, 0.4) is 0 Å². The van der Waals surface area contributed by atoms with Gasteiger partial charge in [-0.05, 0) is 25.1 Å². The number of benzene rings is 1. The Hall–Kier alpha value is -2.67. The lowest BCUT2D eigenvalue weighted by Gasteiger charge is -2.39. The van der Waals surface area contributed by atoms with Crippen LogP contribution in [0.1, 0.15) is 6.92 Å². The highest BCUT2D eigenvalue weighted by atomic mass is 16.2. The van der Waals surface area contributed by atoms with Crippen LogP contribution in [0, 0.1) is 0 Å². The van der Waals surface area contributed by atoms with Crippen LogP contribution in [0.2, 0.25) is 0 Å². The number of carbonyl (C=O) groups excluding carboxylic acids is 1. The van der Waals surface area contributed by atoms with Crippen LogP contribution in [-0.2, 0) is 4.79 Å². The maximum absolute atomic E-state index is 13.0. The minimum atomic E-state index is 0.00196. The van der Waals surface area contributed by atoms with E-state index in [1.807, 2.05) is 17.0 Å². The lowest BCUT2D eigenvalue weighted by atomic mass is 10.1.